The number of aryl methyl sites for hydroxylation is 2. The quantitative estimate of drug-likeness (QED) is 0.0313. The second-order valence-electron chi connectivity index (χ2n) is 15.0. The number of aliphatic carboxylic acids is 2. The van der Waals surface area contributed by atoms with Gasteiger partial charge in [-0.05, 0) is 97.8 Å². The Kier molecular flexibility index (Phi) is 15.3. The summed E-state index contributed by atoms with van der Waals surface area (Å²) in [5.74, 6) is -7.34. The van der Waals surface area contributed by atoms with E-state index in [0.29, 0.717) is 23.3 Å². The molecule has 2 aliphatic rings. The SMILES string of the molecule is COc1cc(N/N=C2/C=C(C(=O)O)C(=O)C(S(=O)(=O)O)=C2)c(C)cc1NC(=O)c1cccc(NC(=O)Nc2cccc(C(=O)Nc3cc(C)c(N/N=C4\C=C(C(=O)O)C(=O)C(S(=O)(=O)O)=C4)cc3OC)c2)c1. The van der Waals surface area contributed by atoms with Crippen LogP contribution in [0.5, 0.6) is 11.5 Å². The number of amides is 4. The minimum absolute atomic E-state index is 0.108. The molecule has 72 heavy (non-hydrogen) atoms. The molecule has 4 aromatic rings. The number of hydrogen-bond donors (Lipinski definition) is 10. The Balaban J connectivity index is 1.09. The molecule has 2 aliphatic carbocycles. The number of ketones is 2. The van der Waals surface area contributed by atoms with Crippen LogP contribution in [0.3, 0.4) is 0 Å². The van der Waals surface area contributed by atoms with Crippen LogP contribution in [0, 0.1) is 13.8 Å². The number of carboxylic acid groups (broad SMARTS) is 2. The fraction of sp³-hybridized carbons (Fsp3) is 0.0889. The van der Waals surface area contributed by atoms with Crippen LogP contribution >= 0.6 is 0 Å². The van der Waals surface area contributed by atoms with Crippen LogP contribution in [-0.2, 0) is 39.4 Å². The van der Waals surface area contributed by atoms with Gasteiger partial charge in [0.15, 0.2) is 0 Å². The van der Waals surface area contributed by atoms with Gasteiger partial charge in [-0.25, -0.2) is 14.4 Å². The lowest BCUT2D eigenvalue weighted by Gasteiger charge is -2.16. The van der Waals surface area contributed by atoms with Crippen molar-refractivity contribution < 1.29 is 79.2 Å². The fourth-order valence-electron chi connectivity index (χ4n) is 6.56. The molecule has 0 atom stereocenters. The van der Waals surface area contributed by atoms with E-state index in [2.05, 4.69) is 42.3 Å². The molecule has 0 unspecified atom stereocenters. The third-order valence-corrected chi connectivity index (χ3v) is 11.8. The highest BCUT2D eigenvalue weighted by molar-refractivity contribution is 7.91. The number of hydrogen-bond acceptors (Lipinski definition) is 17. The van der Waals surface area contributed by atoms with Gasteiger partial charge in [0.05, 0.1) is 48.4 Å². The fourth-order valence-corrected chi connectivity index (χ4v) is 7.79. The van der Waals surface area contributed by atoms with Crippen molar-refractivity contribution in [3.05, 3.63) is 140 Å². The van der Waals surface area contributed by atoms with Crippen molar-refractivity contribution in [1.82, 2.24) is 0 Å². The van der Waals surface area contributed by atoms with Crippen LogP contribution in [-0.4, -0.2) is 103 Å². The minimum atomic E-state index is -5.09. The molecule has 27 heteroatoms. The maximum Gasteiger partial charge on any atom is 0.339 e. The largest absolute Gasteiger partial charge is 0.494 e. The summed E-state index contributed by atoms with van der Waals surface area (Å²) < 4.78 is 76.6. The molecule has 0 radical (unpaired) electrons. The van der Waals surface area contributed by atoms with E-state index >= 15 is 0 Å². The van der Waals surface area contributed by atoms with E-state index in [1.54, 1.807) is 13.8 Å². The van der Waals surface area contributed by atoms with Crippen LogP contribution in [0.4, 0.5) is 38.9 Å². The van der Waals surface area contributed by atoms with Crippen LogP contribution in [0.2, 0.25) is 0 Å². The zero-order chi connectivity index (χ0) is 52.8. The highest BCUT2D eigenvalue weighted by Gasteiger charge is 2.34. The lowest BCUT2D eigenvalue weighted by Crippen LogP contribution is -2.24. The maximum atomic E-state index is 13.4. The highest BCUT2D eigenvalue weighted by Crippen LogP contribution is 2.34. The van der Waals surface area contributed by atoms with E-state index < -0.39 is 82.5 Å². The Morgan fingerprint density at radius 3 is 1.24 bits per heavy atom. The third kappa shape index (κ3) is 12.3. The van der Waals surface area contributed by atoms with Crippen LogP contribution < -0.4 is 41.6 Å². The first-order valence-electron chi connectivity index (χ1n) is 20.2. The average molecular weight is 1030 g/mol. The smallest absolute Gasteiger partial charge is 0.339 e. The van der Waals surface area contributed by atoms with E-state index in [0.717, 1.165) is 12.2 Å². The van der Waals surface area contributed by atoms with E-state index in [-0.39, 0.29) is 68.2 Å². The van der Waals surface area contributed by atoms with Crippen molar-refractivity contribution >= 4 is 107 Å². The zero-order valence-corrected chi connectivity index (χ0v) is 39.2. The van der Waals surface area contributed by atoms with Gasteiger partial charge in [-0.1, -0.05) is 12.1 Å². The van der Waals surface area contributed by atoms with E-state index in [1.807, 2.05) is 0 Å². The number of methoxy groups -OCH3 is 2. The number of benzene rings is 4. The van der Waals surface area contributed by atoms with Gasteiger partial charge in [0.1, 0.15) is 32.5 Å². The second-order valence-corrected chi connectivity index (χ2v) is 17.8. The normalized spacial score (nSPS) is 14.8. The molecule has 0 saturated carbocycles. The summed E-state index contributed by atoms with van der Waals surface area (Å²) in [6.07, 6.45) is 3.01. The van der Waals surface area contributed by atoms with Gasteiger partial charge in [-0.3, -0.25) is 39.1 Å². The molecule has 25 nitrogen and oxygen atoms in total. The molecule has 10 N–H and O–H groups in total. The molecule has 0 bridgehead atoms. The highest BCUT2D eigenvalue weighted by atomic mass is 32.2. The number of urea groups is 1. The maximum absolute atomic E-state index is 13.4. The lowest BCUT2D eigenvalue weighted by molar-refractivity contribution is -0.135. The first-order valence-corrected chi connectivity index (χ1v) is 23.1. The molecule has 6 rings (SSSR count). The van der Waals surface area contributed by atoms with Crippen molar-refractivity contribution in [2.75, 3.05) is 46.3 Å². The molecule has 4 aromatic carbocycles. The van der Waals surface area contributed by atoms with E-state index in [1.165, 1.54) is 87.0 Å². The number of carbonyl (C=O) groups is 7. The Morgan fingerprint density at radius 1 is 0.528 bits per heavy atom. The van der Waals surface area contributed by atoms with Gasteiger partial charge in [0.25, 0.3) is 32.1 Å². The summed E-state index contributed by atoms with van der Waals surface area (Å²) in [5, 5.41) is 37.3. The van der Waals surface area contributed by atoms with Gasteiger partial charge in [-0.15, -0.1) is 0 Å². The number of nitrogens with one attached hydrogen (secondary N) is 6. The summed E-state index contributed by atoms with van der Waals surface area (Å²) in [5.41, 5.74) is 5.14. The van der Waals surface area contributed by atoms with Gasteiger partial charge < -0.3 is 41.0 Å². The molecule has 0 spiro atoms. The first kappa shape index (κ1) is 52.1. The number of carbonyl (C=O) groups excluding carboxylic acids is 5. The number of rotatable bonds is 16. The molecule has 0 saturated heterocycles. The number of nitrogens with zero attached hydrogens (tertiary/aromatic N) is 2. The van der Waals surface area contributed by atoms with Crippen molar-refractivity contribution in [1.29, 1.82) is 0 Å². The van der Waals surface area contributed by atoms with Gasteiger partial charge in [0.2, 0.25) is 11.6 Å². The third-order valence-electron chi connectivity index (χ3n) is 10.1. The van der Waals surface area contributed by atoms with Gasteiger partial charge >= 0.3 is 18.0 Å². The van der Waals surface area contributed by atoms with Gasteiger partial charge in [0, 0.05) is 34.6 Å². The number of anilines is 6. The number of allylic oxidation sites excluding steroid dienone is 6. The zero-order valence-electron chi connectivity index (χ0n) is 37.5. The standard InChI is InChI=1S/C45H38N8O17S2/c1-21-11-33(35(69-3)19-31(21)52-50-27-15-29(43(58)59)39(54)37(17-27)71(63,64)65)48-41(56)23-7-5-9-25(13-23)46-45(62)47-26-10-6-8-24(14-26)42(57)49-34-12-22(2)32(20-36(34)70-4)53-51-28-16-30(44(60)61)40(55)38(18-28)72(66,67)68/h5-20,52-53H,1-4H3,(H,48,56)(H,49,57)(H,58,59)(H,60,61)(H2,46,47,62)(H,63,64,65)(H,66,67,68)/b50-27-,51-28+. The predicted molar refractivity (Wildman–Crippen MR) is 260 cm³/mol. The number of ether oxygens (including phenoxy) is 2. The van der Waals surface area contributed by atoms with Gasteiger partial charge in [-0.2, -0.15) is 27.0 Å². The van der Waals surface area contributed by atoms with E-state index in [4.69, 9.17) is 9.47 Å². The Bertz CT molecular complexity index is 3240. The van der Waals surface area contributed by atoms with Crippen LogP contribution in [0.25, 0.3) is 0 Å². The molecular weight excluding hydrogens is 989 g/mol. The number of hydrazone groups is 2. The topological polar surface area (TPSA) is 384 Å². The Morgan fingerprint density at radius 2 is 0.903 bits per heavy atom. The van der Waals surface area contributed by atoms with Crippen LogP contribution in [0.15, 0.2) is 128 Å². The molecule has 0 fully saturated rings. The van der Waals surface area contributed by atoms with Crippen molar-refractivity contribution in [3.8, 4) is 11.5 Å². The lowest BCUT2D eigenvalue weighted by atomic mass is 10.0. The molecule has 0 aromatic heterocycles. The average Bonchev–Trinajstić information content (AvgIpc) is 3.30. The van der Waals surface area contributed by atoms with Crippen molar-refractivity contribution in [2.24, 2.45) is 10.2 Å². The Labute approximate surface area is 407 Å². The molecule has 4 amide bonds. The summed E-state index contributed by atoms with van der Waals surface area (Å²) in [4.78, 5) is 85.2. The van der Waals surface area contributed by atoms with E-state index in [9.17, 15) is 69.7 Å². The number of Topliss-reactive ketones (excluding diaryl/α,β-unsaturated/α-hetero) is 2. The summed E-state index contributed by atoms with van der Waals surface area (Å²) in [6, 6.07) is 16.9. The monoisotopic (exact) mass is 1030 g/mol. The van der Waals surface area contributed by atoms with Crippen molar-refractivity contribution in [2.45, 2.75) is 13.8 Å². The summed E-state index contributed by atoms with van der Waals surface area (Å²) in [7, 11) is -7.56. The number of carboxylic acids is 2. The predicted octanol–water partition coefficient (Wildman–Crippen LogP) is 4.74. The Hall–Kier alpha value is -9.31. The molecule has 372 valence electrons. The second kappa shape index (κ2) is 21.1. The molecular formula is C45H38N8O17S2. The first-order chi connectivity index (χ1) is 33.9. The van der Waals surface area contributed by atoms with Crippen molar-refractivity contribution in [3.63, 3.8) is 0 Å². The molecule has 0 heterocycles. The summed E-state index contributed by atoms with van der Waals surface area (Å²) >= 11 is 0. The van der Waals surface area contributed by atoms with Crippen LogP contribution in [0.1, 0.15) is 31.8 Å². The minimum Gasteiger partial charge on any atom is -0.494 e. The molecule has 0 aliphatic heterocycles. The summed E-state index contributed by atoms with van der Waals surface area (Å²) in [6.45, 7) is 3.22.